The van der Waals surface area contributed by atoms with Crippen molar-refractivity contribution in [2.24, 2.45) is 0 Å². The molecule has 0 aromatic heterocycles. The van der Waals surface area contributed by atoms with Crippen molar-refractivity contribution in [1.29, 1.82) is 0 Å². The van der Waals surface area contributed by atoms with E-state index in [1.807, 2.05) is 0 Å². The molecule has 0 aliphatic heterocycles. The van der Waals surface area contributed by atoms with Crippen LogP contribution in [0.1, 0.15) is 23.2 Å². The topological polar surface area (TPSA) is 95.6 Å². The lowest BCUT2D eigenvalue weighted by Gasteiger charge is -2.11. The Balaban J connectivity index is 1.94. The zero-order chi connectivity index (χ0) is 16.3. The van der Waals surface area contributed by atoms with Crippen molar-refractivity contribution in [3.05, 3.63) is 29.8 Å². The van der Waals surface area contributed by atoms with Gasteiger partial charge in [0.15, 0.2) is 0 Å². The molecule has 1 aromatic carbocycles. The van der Waals surface area contributed by atoms with Crippen molar-refractivity contribution in [2.75, 3.05) is 20.6 Å². The van der Waals surface area contributed by atoms with Gasteiger partial charge >= 0.3 is 0 Å². The quantitative estimate of drug-likeness (QED) is 0.766. The summed E-state index contributed by atoms with van der Waals surface area (Å²) in [7, 11) is -0.636. The van der Waals surface area contributed by atoms with Gasteiger partial charge in [0, 0.05) is 25.7 Å². The minimum Gasteiger partial charge on any atom is -0.352 e. The van der Waals surface area contributed by atoms with E-state index in [9.17, 15) is 18.0 Å². The number of carbonyl (C=O) groups excluding carboxylic acids is 2. The summed E-state index contributed by atoms with van der Waals surface area (Å²) in [5.41, 5.74) is 0.303. The first-order valence-corrected chi connectivity index (χ1v) is 8.35. The van der Waals surface area contributed by atoms with Gasteiger partial charge in [-0.05, 0) is 37.1 Å². The van der Waals surface area contributed by atoms with Crippen LogP contribution in [-0.2, 0) is 14.8 Å². The van der Waals surface area contributed by atoms with E-state index in [1.165, 1.54) is 38.4 Å². The summed E-state index contributed by atoms with van der Waals surface area (Å²) >= 11 is 0. The number of hydrogen-bond acceptors (Lipinski definition) is 4. The third kappa shape index (κ3) is 4.05. The third-order valence-corrected chi connectivity index (χ3v) is 5.08. The van der Waals surface area contributed by atoms with E-state index in [2.05, 4.69) is 10.6 Å². The molecule has 2 amide bonds. The van der Waals surface area contributed by atoms with Crippen molar-refractivity contribution >= 4 is 21.8 Å². The zero-order valence-corrected chi connectivity index (χ0v) is 13.3. The van der Waals surface area contributed by atoms with Crippen LogP contribution in [0.15, 0.2) is 29.2 Å². The van der Waals surface area contributed by atoms with E-state index in [4.69, 9.17) is 0 Å². The van der Waals surface area contributed by atoms with Crippen LogP contribution >= 0.6 is 0 Å². The SMILES string of the molecule is CN(C)S(=O)(=O)c1ccc(C(=O)NCC(=O)NC2CC2)cc1. The van der Waals surface area contributed by atoms with Gasteiger partial charge < -0.3 is 10.6 Å². The summed E-state index contributed by atoms with van der Waals surface area (Å²) in [5.74, 6) is -0.637. The van der Waals surface area contributed by atoms with Crippen LogP contribution in [-0.4, -0.2) is 51.2 Å². The predicted octanol–water partition coefficient (Wildman–Crippen LogP) is -0.0547. The maximum Gasteiger partial charge on any atom is 0.251 e. The first-order valence-electron chi connectivity index (χ1n) is 6.91. The number of rotatable bonds is 6. The van der Waals surface area contributed by atoms with Gasteiger partial charge in [-0.25, -0.2) is 12.7 Å². The summed E-state index contributed by atoms with van der Waals surface area (Å²) in [5, 5.41) is 5.27. The summed E-state index contributed by atoms with van der Waals surface area (Å²) in [6.45, 7) is -0.0902. The molecule has 7 nitrogen and oxygen atoms in total. The van der Waals surface area contributed by atoms with Crippen LogP contribution in [0, 0.1) is 0 Å². The molecule has 0 spiro atoms. The van der Waals surface area contributed by atoms with E-state index in [0.717, 1.165) is 17.1 Å². The molecule has 1 aliphatic rings. The van der Waals surface area contributed by atoms with Crippen LogP contribution in [0.3, 0.4) is 0 Å². The second-order valence-electron chi connectivity index (χ2n) is 5.34. The average molecular weight is 325 g/mol. The van der Waals surface area contributed by atoms with E-state index in [1.54, 1.807) is 0 Å². The molecule has 0 saturated heterocycles. The van der Waals surface area contributed by atoms with E-state index >= 15 is 0 Å². The molecule has 1 saturated carbocycles. The second-order valence-corrected chi connectivity index (χ2v) is 7.49. The number of hydrogen-bond donors (Lipinski definition) is 2. The van der Waals surface area contributed by atoms with Gasteiger partial charge in [0.1, 0.15) is 0 Å². The molecule has 2 N–H and O–H groups in total. The fraction of sp³-hybridized carbons (Fsp3) is 0.429. The molecule has 0 unspecified atom stereocenters. The number of carbonyl (C=O) groups is 2. The van der Waals surface area contributed by atoms with Crippen LogP contribution in [0.5, 0.6) is 0 Å². The Hall–Kier alpha value is -1.93. The Morgan fingerprint density at radius 2 is 1.77 bits per heavy atom. The molecule has 0 heterocycles. The molecule has 8 heteroatoms. The Morgan fingerprint density at radius 3 is 2.27 bits per heavy atom. The van der Waals surface area contributed by atoms with Crippen LogP contribution in [0.4, 0.5) is 0 Å². The standard InChI is InChI=1S/C14H19N3O4S/c1-17(2)22(20,21)12-7-3-10(4-8-12)14(19)15-9-13(18)16-11-5-6-11/h3-4,7-8,11H,5-6,9H2,1-2H3,(H,15,19)(H,16,18). The van der Waals surface area contributed by atoms with E-state index < -0.39 is 15.9 Å². The molecule has 1 aromatic rings. The van der Waals surface area contributed by atoms with Crippen LogP contribution in [0.25, 0.3) is 0 Å². The van der Waals surface area contributed by atoms with Gasteiger partial charge in [-0.2, -0.15) is 0 Å². The molecule has 22 heavy (non-hydrogen) atoms. The molecule has 2 rings (SSSR count). The maximum absolute atomic E-state index is 11.9. The average Bonchev–Trinajstić information content (AvgIpc) is 3.28. The smallest absolute Gasteiger partial charge is 0.251 e. The molecular formula is C14H19N3O4S. The lowest BCUT2D eigenvalue weighted by atomic mass is 10.2. The van der Waals surface area contributed by atoms with Crippen LogP contribution < -0.4 is 10.6 Å². The molecule has 0 atom stereocenters. The maximum atomic E-state index is 11.9. The lowest BCUT2D eigenvalue weighted by Crippen LogP contribution is -2.37. The minimum atomic E-state index is -3.51. The zero-order valence-electron chi connectivity index (χ0n) is 12.5. The van der Waals surface area contributed by atoms with Gasteiger partial charge in [-0.1, -0.05) is 0 Å². The highest BCUT2D eigenvalue weighted by atomic mass is 32.2. The van der Waals surface area contributed by atoms with Gasteiger partial charge in [-0.3, -0.25) is 9.59 Å². The Labute approximate surface area is 129 Å². The Bertz CT molecular complexity index is 664. The van der Waals surface area contributed by atoms with Crippen molar-refractivity contribution in [3.8, 4) is 0 Å². The van der Waals surface area contributed by atoms with Gasteiger partial charge in [-0.15, -0.1) is 0 Å². The Kier molecular flexibility index (Phi) is 4.82. The lowest BCUT2D eigenvalue weighted by molar-refractivity contribution is -0.120. The van der Waals surface area contributed by atoms with Crippen molar-refractivity contribution in [3.63, 3.8) is 0 Å². The van der Waals surface area contributed by atoms with Gasteiger partial charge in [0.25, 0.3) is 5.91 Å². The first-order chi connectivity index (χ1) is 10.3. The third-order valence-electron chi connectivity index (χ3n) is 3.25. The number of nitrogens with zero attached hydrogens (tertiary/aromatic N) is 1. The molecular weight excluding hydrogens is 306 g/mol. The highest BCUT2D eigenvalue weighted by Crippen LogP contribution is 2.18. The predicted molar refractivity (Wildman–Crippen MR) is 80.8 cm³/mol. The number of sulfonamides is 1. The normalized spacial score (nSPS) is 14.7. The summed E-state index contributed by atoms with van der Waals surface area (Å²) in [6.07, 6.45) is 1.98. The van der Waals surface area contributed by atoms with Crippen LogP contribution in [0.2, 0.25) is 0 Å². The number of benzene rings is 1. The second kappa shape index (κ2) is 6.45. The molecule has 120 valence electrons. The van der Waals surface area contributed by atoms with Gasteiger partial charge in [0.05, 0.1) is 11.4 Å². The first kappa shape index (κ1) is 16.4. The van der Waals surface area contributed by atoms with Crippen molar-refractivity contribution < 1.29 is 18.0 Å². The minimum absolute atomic E-state index is 0.0902. The monoisotopic (exact) mass is 325 g/mol. The molecule has 1 aliphatic carbocycles. The number of nitrogens with one attached hydrogen (secondary N) is 2. The fourth-order valence-electron chi connectivity index (χ4n) is 1.76. The molecule has 0 bridgehead atoms. The van der Waals surface area contributed by atoms with Crippen molar-refractivity contribution in [2.45, 2.75) is 23.8 Å². The fourth-order valence-corrected chi connectivity index (χ4v) is 2.66. The van der Waals surface area contributed by atoms with Crippen molar-refractivity contribution in [1.82, 2.24) is 14.9 Å². The molecule has 1 fully saturated rings. The Morgan fingerprint density at radius 1 is 1.18 bits per heavy atom. The van der Waals surface area contributed by atoms with Gasteiger partial charge in [0.2, 0.25) is 15.9 Å². The summed E-state index contributed by atoms with van der Waals surface area (Å²) in [4.78, 5) is 23.5. The van der Waals surface area contributed by atoms with E-state index in [-0.39, 0.29) is 23.4 Å². The summed E-state index contributed by atoms with van der Waals surface area (Å²) < 4.78 is 24.9. The summed E-state index contributed by atoms with van der Waals surface area (Å²) in [6, 6.07) is 5.83. The molecule has 0 radical (unpaired) electrons. The largest absolute Gasteiger partial charge is 0.352 e. The number of amides is 2. The highest BCUT2D eigenvalue weighted by molar-refractivity contribution is 7.89. The van der Waals surface area contributed by atoms with E-state index in [0.29, 0.717) is 5.56 Å². The highest BCUT2D eigenvalue weighted by Gasteiger charge is 2.23.